The topological polar surface area (TPSA) is 83.6 Å². The summed E-state index contributed by atoms with van der Waals surface area (Å²) < 4.78 is 53.1. The number of anilines is 2. The first-order valence-corrected chi connectivity index (χ1v) is 11.7. The van der Waals surface area contributed by atoms with Crippen molar-refractivity contribution in [3.05, 3.63) is 58.6 Å². The number of nitrogens with zero attached hydrogens (tertiary/aromatic N) is 1. The van der Waals surface area contributed by atoms with E-state index in [2.05, 4.69) is 4.72 Å². The second-order valence-electron chi connectivity index (χ2n) is 6.23. The average Bonchev–Trinajstić information content (AvgIpc) is 2.88. The Hall–Kier alpha value is -1.77. The smallest absolute Gasteiger partial charge is 0.236 e. The first-order chi connectivity index (χ1) is 12.2. The van der Waals surface area contributed by atoms with Crippen molar-refractivity contribution in [3.8, 4) is 0 Å². The first-order valence-electron chi connectivity index (χ1n) is 8.02. The molecule has 0 bridgehead atoms. The molecule has 1 N–H and O–H groups in total. The highest BCUT2D eigenvalue weighted by Gasteiger charge is 2.28. The van der Waals surface area contributed by atoms with Crippen molar-refractivity contribution in [3.63, 3.8) is 0 Å². The SMILES string of the molecule is Cc1ccc(N2CCCS2(=O)=O)cc1NS(=O)(=O)Cc1cccc(Cl)c1. The van der Waals surface area contributed by atoms with Gasteiger partial charge < -0.3 is 0 Å². The molecule has 0 amide bonds. The molecule has 0 saturated carbocycles. The molecule has 1 heterocycles. The molecule has 26 heavy (non-hydrogen) atoms. The van der Waals surface area contributed by atoms with Gasteiger partial charge in [-0.15, -0.1) is 0 Å². The average molecular weight is 415 g/mol. The normalized spacial score (nSPS) is 16.6. The minimum Gasteiger partial charge on any atom is -0.283 e. The summed E-state index contributed by atoms with van der Waals surface area (Å²) in [7, 11) is -7.00. The van der Waals surface area contributed by atoms with Crippen LogP contribution in [0.4, 0.5) is 11.4 Å². The van der Waals surface area contributed by atoms with Crippen LogP contribution in [0.5, 0.6) is 0 Å². The summed E-state index contributed by atoms with van der Waals surface area (Å²) in [6, 6.07) is 11.6. The maximum atomic E-state index is 12.5. The van der Waals surface area contributed by atoms with Crippen molar-refractivity contribution < 1.29 is 16.8 Å². The molecule has 0 radical (unpaired) electrons. The minimum atomic E-state index is -3.67. The number of hydrogen-bond donors (Lipinski definition) is 1. The van der Waals surface area contributed by atoms with Crippen molar-refractivity contribution in [1.29, 1.82) is 0 Å². The van der Waals surface area contributed by atoms with Gasteiger partial charge in [0.25, 0.3) is 0 Å². The van der Waals surface area contributed by atoms with E-state index in [-0.39, 0.29) is 11.5 Å². The number of sulfonamides is 2. The molecule has 0 atom stereocenters. The third-order valence-corrected chi connectivity index (χ3v) is 7.47. The van der Waals surface area contributed by atoms with E-state index in [0.717, 1.165) is 0 Å². The van der Waals surface area contributed by atoms with Crippen molar-refractivity contribution in [2.24, 2.45) is 0 Å². The molecule has 1 fully saturated rings. The standard InChI is InChI=1S/C17H19ClN2O4S2/c1-13-6-7-16(20-8-3-9-26(20,23)24)11-17(13)19-25(21,22)12-14-4-2-5-15(18)10-14/h2,4-7,10-11,19H,3,8-9,12H2,1H3. The fraction of sp³-hybridized carbons (Fsp3) is 0.294. The molecule has 140 valence electrons. The maximum absolute atomic E-state index is 12.5. The number of nitrogens with one attached hydrogen (secondary N) is 1. The highest BCUT2D eigenvalue weighted by atomic mass is 35.5. The predicted molar refractivity (Wildman–Crippen MR) is 105 cm³/mol. The molecule has 0 unspecified atom stereocenters. The number of hydrogen-bond acceptors (Lipinski definition) is 4. The molecule has 3 rings (SSSR count). The lowest BCUT2D eigenvalue weighted by Crippen LogP contribution is -2.25. The summed E-state index contributed by atoms with van der Waals surface area (Å²) >= 11 is 5.90. The summed E-state index contributed by atoms with van der Waals surface area (Å²) in [5, 5.41) is 0.468. The van der Waals surface area contributed by atoms with Crippen LogP contribution in [-0.4, -0.2) is 29.1 Å². The predicted octanol–water partition coefficient (Wildman–Crippen LogP) is 3.13. The summed E-state index contributed by atoms with van der Waals surface area (Å²) in [5.41, 5.74) is 2.11. The van der Waals surface area contributed by atoms with Gasteiger partial charge in [0.15, 0.2) is 0 Å². The van der Waals surface area contributed by atoms with Gasteiger partial charge in [-0.1, -0.05) is 29.8 Å². The molecule has 0 spiro atoms. The van der Waals surface area contributed by atoms with E-state index in [9.17, 15) is 16.8 Å². The third-order valence-electron chi connectivity index (χ3n) is 4.12. The van der Waals surface area contributed by atoms with Crippen LogP contribution < -0.4 is 9.03 Å². The van der Waals surface area contributed by atoms with Gasteiger partial charge in [0.1, 0.15) is 0 Å². The van der Waals surface area contributed by atoms with E-state index in [0.29, 0.717) is 40.5 Å². The molecule has 9 heteroatoms. The van der Waals surface area contributed by atoms with Crippen LogP contribution in [0.25, 0.3) is 0 Å². The highest BCUT2D eigenvalue weighted by molar-refractivity contribution is 7.93. The fourth-order valence-corrected chi connectivity index (χ4v) is 5.87. The van der Waals surface area contributed by atoms with Crippen molar-refractivity contribution in [1.82, 2.24) is 0 Å². The minimum absolute atomic E-state index is 0.108. The number of halogens is 1. The van der Waals surface area contributed by atoms with Gasteiger partial charge in [-0.25, -0.2) is 16.8 Å². The zero-order chi connectivity index (χ0) is 18.9. The Kier molecular flexibility index (Phi) is 5.18. The molecule has 2 aromatic rings. The summed E-state index contributed by atoms with van der Waals surface area (Å²) in [4.78, 5) is 0. The summed E-state index contributed by atoms with van der Waals surface area (Å²) in [6.07, 6.45) is 0.562. The molecule has 0 aromatic heterocycles. The molecule has 1 aliphatic rings. The Morgan fingerprint density at radius 2 is 1.96 bits per heavy atom. The van der Waals surface area contributed by atoms with E-state index < -0.39 is 20.0 Å². The van der Waals surface area contributed by atoms with Crippen molar-refractivity contribution in [2.75, 3.05) is 21.3 Å². The summed E-state index contributed by atoms with van der Waals surface area (Å²) in [5.74, 6) is -0.115. The lowest BCUT2D eigenvalue weighted by molar-refractivity contribution is 0.598. The van der Waals surface area contributed by atoms with Gasteiger partial charge in [-0.3, -0.25) is 9.03 Å². The molecule has 1 saturated heterocycles. The van der Waals surface area contributed by atoms with Crippen molar-refractivity contribution in [2.45, 2.75) is 19.1 Å². The monoisotopic (exact) mass is 414 g/mol. The maximum Gasteiger partial charge on any atom is 0.236 e. The Balaban J connectivity index is 1.86. The first kappa shape index (κ1) is 19.0. The molecule has 1 aliphatic heterocycles. The highest BCUT2D eigenvalue weighted by Crippen LogP contribution is 2.29. The van der Waals surface area contributed by atoms with Crippen LogP contribution in [0.3, 0.4) is 0 Å². The zero-order valence-electron chi connectivity index (χ0n) is 14.1. The van der Waals surface area contributed by atoms with Gasteiger partial charge in [0.05, 0.1) is 22.9 Å². The number of benzene rings is 2. The van der Waals surface area contributed by atoms with E-state index >= 15 is 0 Å². The zero-order valence-corrected chi connectivity index (χ0v) is 16.5. The number of aryl methyl sites for hydroxylation is 1. The molecular formula is C17H19ClN2O4S2. The Morgan fingerprint density at radius 3 is 2.62 bits per heavy atom. The second-order valence-corrected chi connectivity index (χ2v) is 10.4. The number of rotatable bonds is 5. The van der Waals surface area contributed by atoms with Crippen LogP contribution in [0.15, 0.2) is 42.5 Å². The van der Waals surface area contributed by atoms with Crippen LogP contribution in [0, 0.1) is 6.92 Å². The van der Waals surface area contributed by atoms with Crippen LogP contribution >= 0.6 is 11.6 Å². The Bertz CT molecular complexity index is 1040. The molecule has 2 aromatic carbocycles. The van der Waals surface area contributed by atoms with Crippen LogP contribution in [0.2, 0.25) is 5.02 Å². The fourth-order valence-electron chi connectivity index (χ4n) is 2.85. The molecule has 6 nitrogen and oxygen atoms in total. The van der Waals surface area contributed by atoms with Crippen molar-refractivity contribution >= 4 is 43.0 Å². The Labute approximate surface area is 158 Å². The third kappa shape index (κ3) is 4.31. The van der Waals surface area contributed by atoms with Gasteiger partial charge in [-0.2, -0.15) is 0 Å². The van der Waals surface area contributed by atoms with E-state index in [4.69, 9.17) is 11.6 Å². The van der Waals surface area contributed by atoms with E-state index in [1.807, 2.05) is 0 Å². The van der Waals surface area contributed by atoms with E-state index in [1.54, 1.807) is 49.4 Å². The largest absolute Gasteiger partial charge is 0.283 e. The summed E-state index contributed by atoms with van der Waals surface area (Å²) in [6.45, 7) is 2.17. The van der Waals surface area contributed by atoms with Gasteiger partial charge in [-0.05, 0) is 48.7 Å². The quantitative estimate of drug-likeness (QED) is 0.814. The lowest BCUT2D eigenvalue weighted by atomic mass is 10.2. The molecular weight excluding hydrogens is 396 g/mol. The van der Waals surface area contributed by atoms with E-state index in [1.165, 1.54) is 4.31 Å². The van der Waals surface area contributed by atoms with Gasteiger partial charge >= 0.3 is 0 Å². The second kappa shape index (κ2) is 7.09. The van der Waals surface area contributed by atoms with Gasteiger partial charge in [0.2, 0.25) is 20.0 Å². The molecule has 0 aliphatic carbocycles. The van der Waals surface area contributed by atoms with Crippen LogP contribution in [0.1, 0.15) is 17.5 Å². The van der Waals surface area contributed by atoms with Crippen LogP contribution in [-0.2, 0) is 25.8 Å². The lowest BCUT2D eigenvalue weighted by Gasteiger charge is -2.19. The van der Waals surface area contributed by atoms with Gasteiger partial charge in [0, 0.05) is 11.6 Å². The Morgan fingerprint density at radius 1 is 1.19 bits per heavy atom.